The number of methoxy groups -OCH3 is 1. The van der Waals surface area contributed by atoms with Crippen LogP contribution in [-0.4, -0.2) is 33.5 Å². The van der Waals surface area contributed by atoms with Crippen molar-refractivity contribution in [3.05, 3.63) is 84.4 Å². The molecule has 0 saturated carbocycles. The van der Waals surface area contributed by atoms with E-state index in [4.69, 9.17) is 9.72 Å². The predicted octanol–water partition coefficient (Wildman–Crippen LogP) is 5.15. The molecule has 0 unspecified atom stereocenters. The van der Waals surface area contributed by atoms with Gasteiger partial charge >= 0.3 is 0 Å². The molecule has 3 aromatic carbocycles. The predicted molar refractivity (Wildman–Crippen MR) is 124 cm³/mol. The first kappa shape index (κ1) is 20.7. The second kappa shape index (κ2) is 9.04. The molecule has 0 radical (unpaired) electrons. The fourth-order valence-corrected chi connectivity index (χ4v) is 3.78. The third-order valence-electron chi connectivity index (χ3n) is 5.42. The summed E-state index contributed by atoms with van der Waals surface area (Å²) in [5, 5.41) is 0. The fraction of sp³-hybridized carbons (Fsp3) is 0.231. The summed E-state index contributed by atoms with van der Waals surface area (Å²) in [6.07, 6.45) is 0. The van der Waals surface area contributed by atoms with Crippen molar-refractivity contribution >= 4 is 16.9 Å². The van der Waals surface area contributed by atoms with E-state index in [9.17, 15) is 4.79 Å². The van der Waals surface area contributed by atoms with Gasteiger partial charge in [0.2, 0.25) is 5.91 Å². The van der Waals surface area contributed by atoms with E-state index in [2.05, 4.69) is 26.0 Å². The maximum Gasteiger partial charge on any atom is 0.243 e. The molecule has 1 amide bonds. The lowest BCUT2D eigenvalue weighted by Crippen LogP contribution is -2.38. The van der Waals surface area contributed by atoms with Crippen LogP contribution in [0.4, 0.5) is 0 Å². The van der Waals surface area contributed by atoms with E-state index in [0.717, 1.165) is 33.7 Å². The van der Waals surface area contributed by atoms with Crippen LogP contribution in [-0.2, 0) is 17.9 Å². The molecule has 0 fully saturated rings. The minimum Gasteiger partial charge on any atom is -0.497 e. The van der Waals surface area contributed by atoms with Crippen molar-refractivity contribution in [3.8, 4) is 17.1 Å². The van der Waals surface area contributed by atoms with Crippen LogP contribution in [0.3, 0.4) is 0 Å². The van der Waals surface area contributed by atoms with Crippen molar-refractivity contribution in [1.29, 1.82) is 0 Å². The van der Waals surface area contributed by atoms with Crippen molar-refractivity contribution in [2.75, 3.05) is 7.11 Å². The molecule has 1 heterocycles. The van der Waals surface area contributed by atoms with Crippen molar-refractivity contribution in [2.45, 2.75) is 33.0 Å². The average Bonchev–Trinajstić information content (AvgIpc) is 3.16. The van der Waals surface area contributed by atoms with Crippen molar-refractivity contribution in [1.82, 2.24) is 14.5 Å². The van der Waals surface area contributed by atoms with Crippen molar-refractivity contribution < 1.29 is 9.53 Å². The second-order valence-electron chi connectivity index (χ2n) is 7.84. The Morgan fingerprint density at radius 2 is 1.74 bits per heavy atom. The van der Waals surface area contributed by atoms with Crippen LogP contribution in [0.5, 0.6) is 5.75 Å². The molecular weight excluding hydrogens is 386 g/mol. The number of benzene rings is 3. The summed E-state index contributed by atoms with van der Waals surface area (Å²) >= 11 is 0. The molecule has 0 atom stereocenters. The van der Waals surface area contributed by atoms with Gasteiger partial charge in [-0.25, -0.2) is 4.98 Å². The molecule has 0 aliphatic carbocycles. The smallest absolute Gasteiger partial charge is 0.243 e. The van der Waals surface area contributed by atoms with Crippen molar-refractivity contribution in [3.63, 3.8) is 0 Å². The van der Waals surface area contributed by atoms with E-state index in [-0.39, 0.29) is 18.5 Å². The lowest BCUT2D eigenvalue weighted by molar-refractivity contribution is -0.134. The number of carbonyl (C=O) groups is 1. The topological polar surface area (TPSA) is 47.4 Å². The van der Waals surface area contributed by atoms with E-state index in [1.165, 1.54) is 0 Å². The van der Waals surface area contributed by atoms with Crippen LogP contribution >= 0.6 is 0 Å². The summed E-state index contributed by atoms with van der Waals surface area (Å²) in [5.41, 5.74) is 3.85. The number of para-hydroxylation sites is 2. The molecule has 0 bridgehead atoms. The number of hydrogen-bond donors (Lipinski definition) is 0. The number of amides is 1. The standard InChI is InChI=1S/C26H27N3O2/c1-19(2)28(17-20-10-5-4-6-11-20)25(30)18-29-24-15-8-7-14-23(24)27-26(29)21-12-9-13-22(16-21)31-3/h4-16,19H,17-18H2,1-3H3. The normalized spacial score (nSPS) is 11.1. The van der Waals surface area contributed by atoms with Crippen LogP contribution in [0, 0.1) is 0 Å². The van der Waals surface area contributed by atoms with Gasteiger partial charge in [-0.05, 0) is 43.7 Å². The molecule has 158 valence electrons. The highest BCUT2D eigenvalue weighted by atomic mass is 16.5. The first-order valence-corrected chi connectivity index (χ1v) is 10.5. The zero-order chi connectivity index (χ0) is 21.8. The number of carbonyl (C=O) groups excluding carboxylic acids is 1. The number of fused-ring (bicyclic) bond motifs is 1. The highest BCUT2D eigenvalue weighted by molar-refractivity contribution is 5.84. The Morgan fingerprint density at radius 3 is 2.48 bits per heavy atom. The summed E-state index contributed by atoms with van der Waals surface area (Å²) in [7, 11) is 1.65. The first-order chi connectivity index (χ1) is 15.1. The zero-order valence-corrected chi connectivity index (χ0v) is 18.2. The Kier molecular flexibility index (Phi) is 6.03. The van der Waals surface area contributed by atoms with E-state index in [0.29, 0.717) is 6.54 Å². The Balaban J connectivity index is 1.71. The van der Waals surface area contributed by atoms with Gasteiger partial charge in [-0.2, -0.15) is 0 Å². The number of ether oxygens (including phenoxy) is 1. The van der Waals surface area contributed by atoms with Gasteiger partial charge in [0.05, 0.1) is 18.1 Å². The maximum atomic E-state index is 13.5. The van der Waals surface area contributed by atoms with Gasteiger partial charge in [0.25, 0.3) is 0 Å². The highest BCUT2D eigenvalue weighted by Gasteiger charge is 2.21. The fourth-order valence-electron chi connectivity index (χ4n) is 3.78. The first-order valence-electron chi connectivity index (χ1n) is 10.5. The number of hydrogen-bond acceptors (Lipinski definition) is 3. The number of rotatable bonds is 7. The number of aromatic nitrogens is 2. The summed E-state index contributed by atoms with van der Waals surface area (Å²) in [4.78, 5) is 20.2. The third kappa shape index (κ3) is 4.45. The molecule has 0 saturated heterocycles. The molecule has 0 aliphatic heterocycles. The highest BCUT2D eigenvalue weighted by Crippen LogP contribution is 2.27. The SMILES string of the molecule is COc1cccc(-c2nc3ccccc3n2CC(=O)N(Cc2ccccc2)C(C)C)c1. The summed E-state index contributed by atoms with van der Waals surface area (Å²) in [5.74, 6) is 1.58. The zero-order valence-electron chi connectivity index (χ0n) is 18.2. The molecule has 0 N–H and O–H groups in total. The van der Waals surface area contributed by atoms with Crippen LogP contribution in [0.1, 0.15) is 19.4 Å². The van der Waals surface area contributed by atoms with Crippen molar-refractivity contribution in [2.24, 2.45) is 0 Å². The van der Waals surface area contributed by atoms with Crippen LogP contribution < -0.4 is 4.74 Å². The molecule has 4 rings (SSSR count). The molecule has 31 heavy (non-hydrogen) atoms. The second-order valence-corrected chi connectivity index (χ2v) is 7.84. The van der Waals surface area contributed by atoms with Gasteiger partial charge in [-0.3, -0.25) is 4.79 Å². The van der Waals surface area contributed by atoms with Gasteiger partial charge < -0.3 is 14.2 Å². The monoisotopic (exact) mass is 413 g/mol. The summed E-state index contributed by atoms with van der Waals surface area (Å²) < 4.78 is 7.40. The summed E-state index contributed by atoms with van der Waals surface area (Å²) in [6.45, 7) is 4.90. The minimum atomic E-state index is 0.0613. The van der Waals surface area contributed by atoms with Gasteiger partial charge in [0.1, 0.15) is 18.1 Å². The van der Waals surface area contributed by atoms with Gasteiger partial charge in [0, 0.05) is 18.2 Å². The quantitative estimate of drug-likeness (QED) is 0.421. The molecular formula is C26H27N3O2. The Morgan fingerprint density at radius 1 is 1.00 bits per heavy atom. The average molecular weight is 414 g/mol. The van der Waals surface area contributed by atoms with Crippen LogP contribution in [0.2, 0.25) is 0 Å². The molecule has 0 aliphatic rings. The number of imidazole rings is 1. The van der Waals surface area contributed by atoms with E-state index < -0.39 is 0 Å². The van der Waals surface area contributed by atoms with Gasteiger partial charge in [-0.1, -0.05) is 54.6 Å². The number of nitrogens with zero attached hydrogens (tertiary/aromatic N) is 3. The lowest BCUT2D eigenvalue weighted by atomic mass is 10.2. The third-order valence-corrected chi connectivity index (χ3v) is 5.42. The molecule has 4 aromatic rings. The van der Waals surface area contributed by atoms with Gasteiger partial charge in [-0.15, -0.1) is 0 Å². The maximum absolute atomic E-state index is 13.5. The van der Waals surface area contributed by atoms with E-state index in [1.54, 1.807) is 7.11 Å². The largest absolute Gasteiger partial charge is 0.497 e. The molecule has 5 nitrogen and oxygen atoms in total. The Hall–Kier alpha value is -3.60. The molecule has 1 aromatic heterocycles. The minimum absolute atomic E-state index is 0.0613. The lowest BCUT2D eigenvalue weighted by Gasteiger charge is -2.27. The van der Waals surface area contributed by atoms with E-state index in [1.807, 2.05) is 76.2 Å². The van der Waals surface area contributed by atoms with E-state index >= 15 is 0 Å². The molecule has 5 heteroatoms. The van der Waals surface area contributed by atoms with Crippen LogP contribution in [0.15, 0.2) is 78.9 Å². The van der Waals surface area contributed by atoms with Gasteiger partial charge in [0.15, 0.2) is 0 Å². The Labute approximate surface area is 182 Å². The summed E-state index contributed by atoms with van der Waals surface area (Å²) in [6, 6.07) is 25.9. The Bertz CT molecular complexity index is 1180. The van der Waals surface area contributed by atoms with Crippen LogP contribution in [0.25, 0.3) is 22.4 Å². The molecule has 0 spiro atoms.